The van der Waals surface area contributed by atoms with Crippen LogP contribution in [0.4, 0.5) is 19.3 Å². The molecule has 0 saturated carbocycles. The zero-order valence-electron chi connectivity index (χ0n) is 19.0. The van der Waals surface area contributed by atoms with Gasteiger partial charge in [0.05, 0.1) is 17.8 Å². The molecule has 2 heterocycles. The number of anilines is 1. The molecule has 1 aliphatic rings. The second kappa shape index (κ2) is 9.47. The highest BCUT2D eigenvalue weighted by atomic mass is 32.2. The maximum atomic E-state index is 15.2. The number of amides is 1. The third kappa shape index (κ3) is 4.88. The van der Waals surface area contributed by atoms with E-state index in [1.165, 1.54) is 54.5 Å². The Bertz CT molecular complexity index is 1390. The molecule has 1 aliphatic heterocycles. The van der Waals surface area contributed by atoms with Crippen molar-refractivity contribution < 1.29 is 31.5 Å². The summed E-state index contributed by atoms with van der Waals surface area (Å²) in [4.78, 5) is 18.1. The van der Waals surface area contributed by atoms with Gasteiger partial charge in [0.15, 0.2) is 11.6 Å². The van der Waals surface area contributed by atoms with Crippen LogP contribution in [0, 0.1) is 11.6 Å². The van der Waals surface area contributed by atoms with Crippen molar-refractivity contribution in [1.29, 1.82) is 0 Å². The van der Waals surface area contributed by atoms with Crippen LogP contribution in [0.25, 0.3) is 0 Å². The lowest BCUT2D eigenvalue weighted by atomic mass is 9.99. The van der Waals surface area contributed by atoms with Crippen LogP contribution in [0.1, 0.15) is 37.1 Å². The van der Waals surface area contributed by atoms with Crippen LogP contribution in [0.5, 0.6) is 17.4 Å². The Labute approximate surface area is 200 Å². The fourth-order valence-corrected chi connectivity index (χ4v) is 4.36. The van der Waals surface area contributed by atoms with E-state index in [9.17, 15) is 17.6 Å². The summed E-state index contributed by atoms with van der Waals surface area (Å²) in [6, 6.07) is 10.2. The first-order valence-electron chi connectivity index (χ1n) is 10.5. The number of rotatable bonds is 7. The van der Waals surface area contributed by atoms with Crippen molar-refractivity contribution in [2.24, 2.45) is 0 Å². The molecule has 2 aromatic carbocycles. The van der Waals surface area contributed by atoms with E-state index in [2.05, 4.69) is 14.4 Å². The zero-order valence-corrected chi connectivity index (χ0v) is 19.8. The molecule has 0 bridgehead atoms. The van der Waals surface area contributed by atoms with E-state index >= 15 is 4.39 Å². The first-order chi connectivity index (χ1) is 16.6. The molecule has 3 aromatic rings. The second-order valence-corrected chi connectivity index (χ2v) is 9.36. The van der Waals surface area contributed by atoms with Gasteiger partial charge >= 0.3 is 6.09 Å². The summed E-state index contributed by atoms with van der Waals surface area (Å²) in [6.07, 6.45) is 0.648. The topological polar surface area (TPSA) is 110 Å². The number of hydrogen-bond acceptors (Lipinski definition) is 6. The number of carbonyl (C=O) groups excluding carboxylic acids is 1. The van der Waals surface area contributed by atoms with Gasteiger partial charge < -0.3 is 9.47 Å². The van der Waals surface area contributed by atoms with E-state index in [1.807, 2.05) is 0 Å². The Balaban J connectivity index is 1.61. The number of halogens is 2. The molecule has 0 fully saturated rings. The third-order valence-corrected chi connectivity index (χ3v) is 6.63. The number of ether oxygens (including phenoxy) is 2. The van der Waals surface area contributed by atoms with Crippen molar-refractivity contribution >= 4 is 22.0 Å². The highest BCUT2D eigenvalue weighted by Crippen LogP contribution is 2.42. The van der Waals surface area contributed by atoms with E-state index in [0.717, 1.165) is 0 Å². The van der Waals surface area contributed by atoms with E-state index in [-0.39, 0.29) is 28.6 Å². The SMILES string of the molecule is CNS(=O)(=O)Nc1cccc(C(C)N2C(=O)Oc3cc(Oc4ncccc4F)ccc3[C@H]2C)c1F. The molecule has 2 atom stereocenters. The number of fused-ring (bicyclic) bond motifs is 1. The average Bonchev–Trinajstić information content (AvgIpc) is 2.81. The Hall–Kier alpha value is -3.77. The molecule has 35 heavy (non-hydrogen) atoms. The number of nitrogens with one attached hydrogen (secondary N) is 2. The maximum absolute atomic E-state index is 15.2. The molecule has 9 nitrogen and oxygen atoms in total. The number of nitrogens with zero attached hydrogens (tertiary/aromatic N) is 2. The predicted molar refractivity (Wildman–Crippen MR) is 123 cm³/mol. The Morgan fingerprint density at radius 2 is 1.94 bits per heavy atom. The molecule has 1 amide bonds. The molecule has 0 spiro atoms. The van der Waals surface area contributed by atoms with Crippen LogP contribution in [-0.4, -0.2) is 31.4 Å². The molecule has 4 rings (SSSR count). The number of pyridine rings is 1. The number of benzene rings is 2. The van der Waals surface area contributed by atoms with Gasteiger partial charge in [-0.25, -0.2) is 23.3 Å². The summed E-state index contributed by atoms with van der Waals surface area (Å²) < 4.78 is 67.8. The van der Waals surface area contributed by atoms with E-state index in [1.54, 1.807) is 26.0 Å². The van der Waals surface area contributed by atoms with Crippen LogP contribution in [0.3, 0.4) is 0 Å². The minimum atomic E-state index is -3.94. The fourth-order valence-electron chi connectivity index (χ4n) is 3.81. The van der Waals surface area contributed by atoms with Crippen molar-refractivity contribution in [3.63, 3.8) is 0 Å². The summed E-state index contributed by atoms with van der Waals surface area (Å²) in [5, 5.41) is 0. The molecule has 1 unspecified atom stereocenters. The van der Waals surface area contributed by atoms with Crippen LogP contribution in [-0.2, 0) is 10.2 Å². The van der Waals surface area contributed by atoms with Gasteiger partial charge in [-0.15, -0.1) is 0 Å². The number of carbonyl (C=O) groups is 1. The summed E-state index contributed by atoms with van der Waals surface area (Å²) >= 11 is 0. The Morgan fingerprint density at radius 3 is 2.66 bits per heavy atom. The van der Waals surface area contributed by atoms with Crippen LogP contribution >= 0.6 is 0 Å². The smallest absolute Gasteiger partial charge is 0.416 e. The van der Waals surface area contributed by atoms with E-state index in [0.29, 0.717) is 5.56 Å². The van der Waals surface area contributed by atoms with Crippen molar-refractivity contribution in [3.8, 4) is 17.4 Å². The van der Waals surface area contributed by atoms with Crippen molar-refractivity contribution in [2.45, 2.75) is 25.9 Å². The minimum absolute atomic E-state index is 0.0964. The normalized spacial score (nSPS) is 16.3. The summed E-state index contributed by atoms with van der Waals surface area (Å²) in [5.41, 5.74) is 0.461. The van der Waals surface area contributed by atoms with Crippen molar-refractivity contribution in [1.82, 2.24) is 14.6 Å². The first kappa shape index (κ1) is 24.4. The monoisotopic (exact) mass is 504 g/mol. The van der Waals surface area contributed by atoms with Crippen LogP contribution < -0.4 is 18.9 Å². The van der Waals surface area contributed by atoms with Crippen LogP contribution in [0.2, 0.25) is 0 Å². The largest absolute Gasteiger partial charge is 0.436 e. The highest BCUT2D eigenvalue weighted by molar-refractivity contribution is 7.90. The summed E-state index contributed by atoms with van der Waals surface area (Å²) in [7, 11) is -2.75. The van der Waals surface area contributed by atoms with Gasteiger partial charge in [-0.3, -0.25) is 9.62 Å². The Morgan fingerprint density at radius 1 is 1.17 bits per heavy atom. The van der Waals surface area contributed by atoms with Gasteiger partial charge in [-0.1, -0.05) is 12.1 Å². The predicted octanol–water partition coefficient (Wildman–Crippen LogP) is 4.66. The van der Waals surface area contributed by atoms with Gasteiger partial charge in [0.25, 0.3) is 16.1 Å². The molecule has 0 aliphatic carbocycles. The van der Waals surface area contributed by atoms with E-state index < -0.39 is 40.0 Å². The molecule has 0 radical (unpaired) electrons. The lowest BCUT2D eigenvalue weighted by Gasteiger charge is -2.38. The quantitative estimate of drug-likeness (QED) is 0.484. The molecule has 12 heteroatoms. The number of hydrogen-bond donors (Lipinski definition) is 2. The van der Waals surface area contributed by atoms with Gasteiger partial charge in [0.2, 0.25) is 0 Å². The molecular weight excluding hydrogens is 482 g/mol. The summed E-state index contributed by atoms with van der Waals surface area (Å²) in [6.45, 7) is 3.36. The van der Waals surface area contributed by atoms with Gasteiger partial charge in [0, 0.05) is 30.4 Å². The maximum Gasteiger partial charge on any atom is 0.416 e. The Kier molecular flexibility index (Phi) is 6.59. The second-order valence-electron chi connectivity index (χ2n) is 7.74. The lowest BCUT2D eigenvalue weighted by Crippen LogP contribution is -2.41. The fraction of sp³-hybridized carbons (Fsp3) is 0.217. The molecule has 184 valence electrons. The van der Waals surface area contributed by atoms with Crippen molar-refractivity contribution in [3.05, 3.63) is 77.5 Å². The minimum Gasteiger partial charge on any atom is -0.436 e. The van der Waals surface area contributed by atoms with Crippen LogP contribution in [0.15, 0.2) is 54.7 Å². The molecule has 0 saturated heterocycles. The highest BCUT2D eigenvalue weighted by Gasteiger charge is 2.37. The molecular formula is C23H22F2N4O5S. The van der Waals surface area contributed by atoms with Gasteiger partial charge in [-0.2, -0.15) is 8.42 Å². The summed E-state index contributed by atoms with van der Waals surface area (Å²) in [5.74, 6) is -1.24. The van der Waals surface area contributed by atoms with E-state index in [4.69, 9.17) is 9.47 Å². The number of aromatic nitrogens is 1. The van der Waals surface area contributed by atoms with Crippen molar-refractivity contribution in [2.75, 3.05) is 11.8 Å². The standard InChI is InChI=1S/C23H22F2N4O5S/c1-13-16-10-9-15(33-22-18(24)7-5-11-27-22)12-20(16)34-23(30)29(13)14(2)17-6-4-8-19(21(17)25)28-35(31,32)26-3/h4-14,26,28H,1-3H3/t13-,14?/m1/s1. The molecule has 2 N–H and O–H groups in total. The van der Waals surface area contributed by atoms with Gasteiger partial charge in [0.1, 0.15) is 11.5 Å². The first-order valence-corrected chi connectivity index (χ1v) is 12.0. The van der Waals surface area contributed by atoms with Gasteiger partial charge in [-0.05, 0) is 44.2 Å². The lowest BCUT2D eigenvalue weighted by molar-refractivity contribution is 0.0981. The zero-order chi connectivity index (χ0) is 25.3. The molecule has 1 aromatic heterocycles. The average molecular weight is 505 g/mol. The third-order valence-electron chi connectivity index (χ3n) is 5.61.